The summed E-state index contributed by atoms with van der Waals surface area (Å²) in [6.45, 7) is 1.24. The lowest BCUT2D eigenvalue weighted by molar-refractivity contribution is -0.274. The van der Waals surface area contributed by atoms with Crippen molar-refractivity contribution in [2.75, 3.05) is 5.43 Å². The summed E-state index contributed by atoms with van der Waals surface area (Å²) in [4.78, 5) is 14.2. The van der Waals surface area contributed by atoms with Crippen LogP contribution in [0, 0.1) is 0 Å². The van der Waals surface area contributed by atoms with Gasteiger partial charge in [0.25, 0.3) is 0 Å². The van der Waals surface area contributed by atoms with Gasteiger partial charge in [0, 0.05) is 19.2 Å². The van der Waals surface area contributed by atoms with Gasteiger partial charge in [0.15, 0.2) is 0 Å². The Kier molecular flexibility index (Phi) is 3.54. The van der Waals surface area contributed by atoms with E-state index in [4.69, 9.17) is 0 Å². The minimum absolute atomic E-state index is 0.0388. The summed E-state index contributed by atoms with van der Waals surface area (Å²) in [5.74, 6) is -0.781. The number of ether oxygens (including phenoxy) is 1. The van der Waals surface area contributed by atoms with E-state index in [0.29, 0.717) is 0 Å². The monoisotopic (exact) mass is 235 g/mol. The zero-order chi connectivity index (χ0) is 12.2. The molecule has 1 heterocycles. The molecule has 1 amide bonds. The average Bonchev–Trinajstić information content (AvgIpc) is 2.12. The molecule has 0 fully saturated rings. The number of alkyl halides is 3. The van der Waals surface area contributed by atoms with Gasteiger partial charge in [-0.05, 0) is 6.07 Å². The minimum Gasteiger partial charge on any atom is -0.406 e. The van der Waals surface area contributed by atoms with Crippen LogP contribution in [0.15, 0.2) is 18.3 Å². The fourth-order valence-electron chi connectivity index (χ4n) is 0.829. The summed E-state index contributed by atoms with van der Waals surface area (Å²) >= 11 is 0. The highest BCUT2D eigenvalue weighted by Gasteiger charge is 2.31. The lowest BCUT2D eigenvalue weighted by Crippen LogP contribution is -2.27. The number of hydrazine groups is 1. The van der Waals surface area contributed by atoms with E-state index >= 15 is 0 Å². The van der Waals surface area contributed by atoms with Crippen LogP contribution < -0.4 is 15.6 Å². The molecule has 0 aromatic carbocycles. The predicted molar refractivity (Wildman–Crippen MR) is 48.4 cm³/mol. The second-order valence-corrected chi connectivity index (χ2v) is 2.73. The molecule has 1 aromatic heterocycles. The molecule has 0 unspecified atom stereocenters. The van der Waals surface area contributed by atoms with E-state index in [2.05, 4.69) is 20.6 Å². The molecule has 1 aromatic rings. The number of aromatic nitrogens is 1. The van der Waals surface area contributed by atoms with E-state index in [0.717, 1.165) is 18.3 Å². The molecule has 0 aliphatic carbocycles. The van der Waals surface area contributed by atoms with Crippen LogP contribution in [0.5, 0.6) is 5.75 Å². The molecule has 16 heavy (non-hydrogen) atoms. The van der Waals surface area contributed by atoms with Crippen molar-refractivity contribution in [2.24, 2.45) is 0 Å². The molecule has 0 saturated heterocycles. The van der Waals surface area contributed by atoms with E-state index in [1.165, 1.54) is 6.92 Å². The smallest absolute Gasteiger partial charge is 0.406 e. The predicted octanol–water partition coefficient (Wildman–Crippen LogP) is 1.44. The number of pyridine rings is 1. The van der Waals surface area contributed by atoms with Crippen molar-refractivity contribution in [3.63, 3.8) is 0 Å². The number of carbonyl (C=O) groups is 1. The molecule has 0 saturated carbocycles. The van der Waals surface area contributed by atoms with Crippen molar-refractivity contribution in [1.82, 2.24) is 10.4 Å². The van der Waals surface area contributed by atoms with E-state index in [-0.39, 0.29) is 5.82 Å². The molecule has 8 heteroatoms. The first kappa shape index (κ1) is 12.1. The van der Waals surface area contributed by atoms with Crippen LogP contribution in [-0.2, 0) is 4.79 Å². The van der Waals surface area contributed by atoms with E-state index in [1.807, 2.05) is 0 Å². The molecule has 2 N–H and O–H groups in total. The number of carbonyl (C=O) groups excluding carboxylic acids is 1. The van der Waals surface area contributed by atoms with Crippen molar-refractivity contribution in [2.45, 2.75) is 13.3 Å². The van der Waals surface area contributed by atoms with E-state index in [1.54, 1.807) is 0 Å². The summed E-state index contributed by atoms with van der Waals surface area (Å²) < 4.78 is 39.2. The molecular weight excluding hydrogens is 227 g/mol. The highest BCUT2D eigenvalue weighted by molar-refractivity contribution is 5.74. The maximum Gasteiger partial charge on any atom is 0.573 e. The summed E-state index contributed by atoms with van der Waals surface area (Å²) in [5, 5.41) is 0. The first-order valence-corrected chi connectivity index (χ1v) is 4.11. The van der Waals surface area contributed by atoms with Gasteiger partial charge in [-0.15, -0.1) is 13.2 Å². The molecule has 88 valence electrons. The molecule has 0 bridgehead atoms. The molecule has 0 aliphatic heterocycles. The van der Waals surface area contributed by atoms with Crippen LogP contribution in [0.2, 0.25) is 0 Å². The maximum absolute atomic E-state index is 11.9. The third-order valence-corrected chi connectivity index (χ3v) is 1.33. The second-order valence-electron chi connectivity index (χ2n) is 2.73. The van der Waals surface area contributed by atoms with Crippen LogP contribution in [0.3, 0.4) is 0 Å². The summed E-state index contributed by atoms with van der Waals surface area (Å²) in [7, 11) is 0. The van der Waals surface area contributed by atoms with Gasteiger partial charge in [0.05, 0.1) is 0 Å². The second kappa shape index (κ2) is 4.69. The lowest BCUT2D eigenvalue weighted by atomic mass is 10.4. The van der Waals surface area contributed by atoms with Crippen molar-refractivity contribution in [3.8, 4) is 5.75 Å². The summed E-state index contributed by atoms with van der Waals surface area (Å²) in [6.07, 6.45) is -3.64. The van der Waals surface area contributed by atoms with Crippen molar-refractivity contribution in [3.05, 3.63) is 18.3 Å². The van der Waals surface area contributed by atoms with Crippen molar-refractivity contribution >= 4 is 11.7 Å². The Hall–Kier alpha value is -1.99. The molecule has 1 rings (SSSR count). The topological polar surface area (TPSA) is 63.2 Å². The first-order valence-electron chi connectivity index (χ1n) is 4.11. The Labute approximate surface area is 88.6 Å². The van der Waals surface area contributed by atoms with Crippen LogP contribution >= 0.6 is 0 Å². The lowest BCUT2D eigenvalue weighted by Gasteiger charge is -2.10. The molecule has 0 radical (unpaired) electrons. The van der Waals surface area contributed by atoms with Crippen LogP contribution in [0.25, 0.3) is 0 Å². The van der Waals surface area contributed by atoms with Gasteiger partial charge < -0.3 is 4.74 Å². The summed E-state index contributed by atoms with van der Waals surface area (Å²) in [5.41, 5.74) is 4.48. The Morgan fingerprint density at radius 3 is 2.75 bits per heavy atom. The number of nitrogens with one attached hydrogen (secondary N) is 2. The van der Waals surface area contributed by atoms with Crippen LogP contribution in [-0.4, -0.2) is 17.3 Å². The van der Waals surface area contributed by atoms with Gasteiger partial charge in [0.2, 0.25) is 5.91 Å². The number of hydrogen-bond donors (Lipinski definition) is 2. The Balaban J connectivity index is 2.67. The quantitative estimate of drug-likeness (QED) is 0.778. The first-order chi connectivity index (χ1) is 7.37. The highest BCUT2D eigenvalue weighted by Crippen LogP contribution is 2.23. The molecular formula is C8H8F3N3O2. The zero-order valence-electron chi connectivity index (χ0n) is 8.13. The number of nitrogens with zero attached hydrogens (tertiary/aromatic N) is 1. The van der Waals surface area contributed by atoms with Gasteiger partial charge in [-0.2, -0.15) is 0 Å². The average molecular weight is 235 g/mol. The molecule has 0 aliphatic rings. The van der Waals surface area contributed by atoms with Gasteiger partial charge in [0.1, 0.15) is 11.6 Å². The third kappa shape index (κ3) is 4.49. The van der Waals surface area contributed by atoms with Crippen LogP contribution in [0.1, 0.15) is 6.92 Å². The maximum atomic E-state index is 11.9. The molecule has 0 atom stereocenters. The molecule has 0 spiro atoms. The highest BCUT2D eigenvalue weighted by atomic mass is 19.4. The third-order valence-electron chi connectivity index (χ3n) is 1.33. The molecule has 5 nitrogen and oxygen atoms in total. The number of hydrogen-bond acceptors (Lipinski definition) is 4. The standard InChI is InChI=1S/C8H8F3N3O2/c1-5(15)13-14-7-4-6(2-3-12-7)16-8(9,10)11/h2-4H,1H3,(H,12,14)(H,13,15). The number of amides is 1. The fourth-order valence-corrected chi connectivity index (χ4v) is 0.829. The number of halogens is 3. The normalized spacial score (nSPS) is 10.8. The number of anilines is 1. The van der Waals surface area contributed by atoms with Gasteiger partial charge in [-0.1, -0.05) is 0 Å². The Bertz CT molecular complexity index is 381. The fraction of sp³-hybridized carbons (Fsp3) is 0.250. The van der Waals surface area contributed by atoms with Crippen LogP contribution in [0.4, 0.5) is 19.0 Å². The number of rotatable bonds is 3. The van der Waals surface area contributed by atoms with Gasteiger partial charge in [-0.25, -0.2) is 4.98 Å². The van der Waals surface area contributed by atoms with E-state index < -0.39 is 18.0 Å². The zero-order valence-corrected chi connectivity index (χ0v) is 8.13. The largest absolute Gasteiger partial charge is 0.573 e. The van der Waals surface area contributed by atoms with Gasteiger partial charge in [-0.3, -0.25) is 15.6 Å². The van der Waals surface area contributed by atoms with Crippen molar-refractivity contribution in [1.29, 1.82) is 0 Å². The van der Waals surface area contributed by atoms with Gasteiger partial charge >= 0.3 is 6.36 Å². The van der Waals surface area contributed by atoms with Crippen molar-refractivity contribution < 1.29 is 22.7 Å². The van der Waals surface area contributed by atoms with E-state index in [9.17, 15) is 18.0 Å². The summed E-state index contributed by atoms with van der Waals surface area (Å²) in [6, 6.07) is 2.05. The SMILES string of the molecule is CC(=O)NNc1cc(OC(F)(F)F)ccn1. The minimum atomic E-state index is -4.76. The Morgan fingerprint density at radius 2 is 2.19 bits per heavy atom. The Morgan fingerprint density at radius 1 is 1.50 bits per heavy atom.